The summed E-state index contributed by atoms with van der Waals surface area (Å²) in [5.41, 5.74) is 3.36. The van der Waals surface area contributed by atoms with Crippen LogP contribution in [0.1, 0.15) is 27.3 Å². The Morgan fingerprint density at radius 2 is 1.76 bits per heavy atom. The van der Waals surface area contributed by atoms with Crippen LogP contribution < -0.4 is 5.32 Å². The molecular formula is C21H24N4O3S. The molecule has 0 aliphatic carbocycles. The van der Waals surface area contributed by atoms with Crippen molar-refractivity contribution in [3.63, 3.8) is 0 Å². The van der Waals surface area contributed by atoms with Gasteiger partial charge in [-0.05, 0) is 37.6 Å². The molecule has 0 bridgehead atoms. The third-order valence-corrected chi connectivity index (χ3v) is 6.47. The van der Waals surface area contributed by atoms with Crippen molar-refractivity contribution in [1.82, 2.24) is 14.1 Å². The molecule has 2 aromatic carbocycles. The van der Waals surface area contributed by atoms with Crippen LogP contribution >= 0.6 is 0 Å². The Bertz CT molecular complexity index is 1140. The van der Waals surface area contributed by atoms with Gasteiger partial charge in [-0.3, -0.25) is 9.48 Å². The number of nitrogens with one attached hydrogen (secondary N) is 1. The third-order valence-electron chi connectivity index (χ3n) is 4.65. The summed E-state index contributed by atoms with van der Waals surface area (Å²) < 4.78 is 27.6. The molecule has 1 N–H and O–H groups in total. The van der Waals surface area contributed by atoms with Crippen LogP contribution in [0.5, 0.6) is 0 Å². The van der Waals surface area contributed by atoms with Crippen LogP contribution in [0.2, 0.25) is 0 Å². The van der Waals surface area contributed by atoms with Gasteiger partial charge >= 0.3 is 0 Å². The van der Waals surface area contributed by atoms with Gasteiger partial charge in [-0.1, -0.05) is 36.4 Å². The summed E-state index contributed by atoms with van der Waals surface area (Å²) in [6.07, 6.45) is 0. The van der Waals surface area contributed by atoms with Crippen molar-refractivity contribution < 1.29 is 13.2 Å². The fraction of sp³-hybridized carbons (Fsp3) is 0.238. The molecule has 0 radical (unpaired) electrons. The van der Waals surface area contributed by atoms with E-state index in [0.29, 0.717) is 23.5 Å². The average Bonchev–Trinajstić information content (AvgIpc) is 2.96. The van der Waals surface area contributed by atoms with Gasteiger partial charge in [-0.25, -0.2) is 12.7 Å². The molecular weight excluding hydrogens is 388 g/mol. The van der Waals surface area contributed by atoms with E-state index in [4.69, 9.17) is 0 Å². The lowest BCUT2D eigenvalue weighted by Gasteiger charge is -2.13. The molecule has 1 heterocycles. The normalized spacial score (nSPS) is 11.6. The summed E-state index contributed by atoms with van der Waals surface area (Å²) in [6.45, 7) is 4.21. The number of benzene rings is 2. The number of rotatable bonds is 6. The lowest BCUT2D eigenvalue weighted by Crippen LogP contribution is -2.22. The third kappa shape index (κ3) is 4.38. The Labute approximate surface area is 171 Å². The lowest BCUT2D eigenvalue weighted by atomic mass is 10.1. The van der Waals surface area contributed by atoms with Crippen molar-refractivity contribution in [2.75, 3.05) is 19.4 Å². The highest BCUT2D eigenvalue weighted by atomic mass is 32.2. The molecule has 0 fully saturated rings. The highest BCUT2D eigenvalue weighted by Crippen LogP contribution is 2.21. The zero-order valence-electron chi connectivity index (χ0n) is 16.9. The molecule has 0 saturated heterocycles. The number of sulfonamides is 1. The number of carbonyl (C=O) groups is 1. The number of aromatic nitrogens is 2. The first kappa shape index (κ1) is 20.8. The number of carbonyl (C=O) groups excluding carboxylic acids is 1. The van der Waals surface area contributed by atoms with Crippen LogP contribution in [-0.2, 0) is 16.6 Å². The Kier molecular flexibility index (Phi) is 5.86. The lowest BCUT2D eigenvalue weighted by molar-refractivity contribution is 0.102. The second-order valence-electron chi connectivity index (χ2n) is 6.96. The molecule has 0 aliphatic rings. The van der Waals surface area contributed by atoms with Gasteiger partial charge in [-0.15, -0.1) is 0 Å². The van der Waals surface area contributed by atoms with E-state index in [2.05, 4.69) is 10.4 Å². The summed E-state index contributed by atoms with van der Waals surface area (Å²) in [4.78, 5) is 13.0. The van der Waals surface area contributed by atoms with E-state index in [1.807, 2.05) is 37.3 Å². The van der Waals surface area contributed by atoms with Gasteiger partial charge in [-0.2, -0.15) is 5.10 Å². The molecule has 7 nitrogen and oxygen atoms in total. The largest absolute Gasteiger partial charge is 0.322 e. The second kappa shape index (κ2) is 8.18. The maximum atomic E-state index is 12.9. The molecule has 0 atom stereocenters. The molecule has 0 saturated carbocycles. The first-order valence-corrected chi connectivity index (χ1v) is 10.6. The van der Waals surface area contributed by atoms with Crippen molar-refractivity contribution in [1.29, 1.82) is 0 Å². The molecule has 0 spiro atoms. The molecule has 3 rings (SSSR count). The number of aryl methyl sites for hydroxylation is 1. The first-order chi connectivity index (χ1) is 13.7. The van der Waals surface area contributed by atoms with Crippen molar-refractivity contribution in [3.05, 3.63) is 77.1 Å². The van der Waals surface area contributed by atoms with E-state index in [1.54, 1.807) is 23.7 Å². The van der Waals surface area contributed by atoms with E-state index in [1.165, 1.54) is 26.2 Å². The SMILES string of the molecule is Cc1nn(Cc2ccccc2)c(C)c1C(=O)Nc1cccc(S(=O)(=O)N(C)C)c1. The molecule has 1 amide bonds. The molecule has 1 aromatic heterocycles. The smallest absolute Gasteiger partial charge is 0.259 e. The Morgan fingerprint density at radius 3 is 2.41 bits per heavy atom. The molecule has 152 valence electrons. The first-order valence-electron chi connectivity index (χ1n) is 9.12. The minimum absolute atomic E-state index is 0.119. The van der Waals surface area contributed by atoms with E-state index >= 15 is 0 Å². The van der Waals surface area contributed by atoms with E-state index in [0.717, 1.165) is 15.6 Å². The van der Waals surface area contributed by atoms with Gasteiger partial charge in [0.15, 0.2) is 0 Å². The Morgan fingerprint density at radius 1 is 1.07 bits per heavy atom. The standard InChI is InChI=1S/C21H24N4O3S/c1-15-20(16(2)25(23-15)14-17-9-6-5-7-10-17)21(26)22-18-11-8-12-19(13-18)29(27,28)24(3)4/h5-13H,14H2,1-4H3,(H,22,26). The maximum Gasteiger partial charge on any atom is 0.259 e. The van der Waals surface area contributed by atoms with Crippen LogP contribution in [0, 0.1) is 13.8 Å². The van der Waals surface area contributed by atoms with Crippen molar-refractivity contribution >= 4 is 21.6 Å². The second-order valence-corrected chi connectivity index (χ2v) is 9.11. The summed E-state index contributed by atoms with van der Waals surface area (Å²) in [6, 6.07) is 16.1. The topological polar surface area (TPSA) is 84.3 Å². The number of amides is 1. The zero-order chi connectivity index (χ0) is 21.2. The fourth-order valence-corrected chi connectivity index (χ4v) is 4.02. The number of nitrogens with zero attached hydrogens (tertiary/aromatic N) is 3. The average molecular weight is 413 g/mol. The van der Waals surface area contributed by atoms with Gasteiger partial charge in [0, 0.05) is 25.5 Å². The van der Waals surface area contributed by atoms with Crippen molar-refractivity contribution in [2.45, 2.75) is 25.3 Å². The zero-order valence-corrected chi connectivity index (χ0v) is 17.7. The van der Waals surface area contributed by atoms with Gasteiger partial charge in [0.2, 0.25) is 10.0 Å². The summed E-state index contributed by atoms with van der Waals surface area (Å²) >= 11 is 0. The van der Waals surface area contributed by atoms with Gasteiger partial charge in [0.05, 0.1) is 22.7 Å². The molecule has 29 heavy (non-hydrogen) atoms. The minimum atomic E-state index is -3.58. The van der Waals surface area contributed by atoms with Crippen LogP contribution in [-0.4, -0.2) is 42.5 Å². The summed E-state index contributed by atoms with van der Waals surface area (Å²) in [5, 5.41) is 7.29. The van der Waals surface area contributed by atoms with Crippen molar-refractivity contribution in [3.8, 4) is 0 Å². The predicted octanol–water partition coefficient (Wildman–Crippen LogP) is 3.05. The van der Waals surface area contributed by atoms with Crippen LogP contribution in [0.25, 0.3) is 0 Å². The van der Waals surface area contributed by atoms with Gasteiger partial charge in [0.25, 0.3) is 5.91 Å². The highest BCUT2D eigenvalue weighted by molar-refractivity contribution is 7.89. The van der Waals surface area contributed by atoms with E-state index in [9.17, 15) is 13.2 Å². The van der Waals surface area contributed by atoms with Crippen LogP contribution in [0.3, 0.4) is 0 Å². The van der Waals surface area contributed by atoms with Crippen LogP contribution in [0.15, 0.2) is 59.5 Å². The Hall–Kier alpha value is -2.97. The molecule has 0 unspecified atom stereocenters. The number of hydrogen-bond donors (Lipinski definition) is 1. The number of anilines is 1. The Balaban J connectivity index is 1.85. The summed E-state index contributed by atoms with van der Waals surface area (Å²) in [5.74, 6) is -0.321. The quantitative estimate of drug-likeness (QED) is 0.674. The van der Waals surface area contributed by atoms with Crippen LogP contribution in [0.4, 0.5) is 5.69 Å². The molecule has 8 heteroatoms. The fourth-order valence-electron chi connectivity index (χ4n) is 3.07. The van der Waals surface area contributed by atoms with Gasteiger partial charge in [0.1, 0.15) is 0 Å². The number of hydrogen-bond acceptors (Lipinski definition) is 4. The van der Waals surface area contributed by atoms with Crippen molar-refractivity contribution in [2.24, 2.45) is 0 Å². The predicted molar refractivity (Wildman–Crippen MR) is 113 cm³/mol. The van der Waals surface area contributed by atoms with E-state index < -0.39 is 10.0 Å². The minimum Gasteiger partial charge on any atom is -0.322 e. The van der Waals surface area contributed by atoms with E-state index in [-0.39, 0.29) is 10.8 Å². The monoisotopic (exact) mass is 412 g/mol. The molecule has 3 aromatic rings. The van der Waals surface area contributed by atoms with Gasteiger partial charge < -0.3 is 5.32 Å². The highest BCUT2D eigenvalue weighted by Gasteiger charge is 2.21. The molecule has 0 aliphatic heterocycles. The maximum absolute atomic E-state index is 12.9. The summed E-state index contributed by atoms with van der Waals surface area (Å²) in [7, 11) is -0.648.